The Hall–Kier alpha value is -1.75. The van der Waals surface area contributed by atoms with Crippen molar-refractivity contribution in [2.45, 2.75) is 33.2 Å². The van der Waals surface area contributed by atoms with Gasteiger partial charge in [0.25, 0.3) is 5.91 Å². The van der Waals surface area contributed by atoms with Crippen molar-refractivity contribution in [1.29, 1.82) is 0 Å². The van der Waals surface area contributed by atoms with Gasteiger partial charge in [-0.2, -0.15) is 11.8 Å². The van der Waals surface area contributed by atoms with E-state index >= 15 is 0 Å². The number of hydrogen-bond acceptors (Lipinski definition) is 4. The summed E-state index contributed by atoms with van der Waals surface area (Å²) in [4.78, 5) is 26.7. The normalized spacial score (nSPS) is 12.3. The Labute approximate surface area is 140 Å². The maximum atomic E-state index is 12.8. The Bertz CT molecular complexity index is 754. The van der Waals surface area contributed by atoms with Gasteiger partial charge in [-0.1, -0.05) is 25.1 Å². The van der Waals surface area contributed by atoms with Gasteiger partial charge in [0.05, 0.1) is 0 Å². The van der Waals surface area contributed by atoms with Crippen LogP contribution in [0.4, 0.5) is 0 Å². The van der Waals surface area contributed by atoms with Crippen molar-refractivity contribution in [3.8, 4) is 0 Å². The highest BCUT2D eigenvalue weighted by atomic mass is 32.2. The number of nitrogens with zero attached hydrogens (tertiary/aromatic N) is 1. The van der Waals surface area contributed by atoms with Crippen LogP contribution in [0.3, 0.4) is 0 Å². The highest BCUT2D eigenvalue weighted by Gasteiger charge is 2.24. The lowest BCUT2D eigenvalue weighted by molar-refractivity contribution is 0.0736. The molecule has 4 nitrogen and oxygen atoms in total. The van der Waals surface area contributed by atoms with Gasteiger partial charge in [-0.05, 0) is 43.4 Å². The zero-order chi connectivity index (χ0) is 17.0. The summed E-state index contributed by atoms with van der Waals surface area (Å²) in [6, 6.07) is 7.37. The predicted molar refractivity (Wildman–Crippen MR) is 96.4 cm³/mol. The second-order valence-electron chi connectivity index (χ2n) is 5.64. The van der Waals surface area contributed by atoms with Gasteiger partial charge >= 0.3 is 5.63 Å². The first-order chi connectivity index (χ1) is 11.0. The molecule has 0 saturated heterocycles. The number of carbonyl (C=O) groups excluding carboxylic acids is 1. The summed E-state index contributed by atoms with van der Waals surface area (Å²) in [7, 11) is 1.75. The summed E-state index contributed by atoms with van der Waals surface area (Å²) >= 11 is 1.85. The monoisotopic (exact) mass is 333 g/mol. The molecule has 1 atom stereocenters. The Kier molecular flexibility index (Phi) is 5.88. The first kappa shape index (κ1) is 17.6. The zero-order valence-corrected chi connectivity index (χ0v) is 14.9. The van der Waals surface area contributed by atoms with E-state index in [9.17, 15) is 9.59 Å². The second-order valence-corrected chi connectivity index (χ2v) is 7.03. The molecule has 1 aromatic heterocycles. The van der Waals surface area contributed by atoms with Gasteiger partial charge in [0.2, 0.25) is 0 Å². The van der Waals surface area contributed by atoms with E-state index in [4.69, 9.17) is 4.42 Å². The minimum absolute atomic E-state index is 0.0758. The largest absolute Gasteiger partial charge is 0.422 e. The number of amides is 1. The minimum Gasteiger partial charge on any atom is -0.422 e. The first-order valence-electron chi connectivity index (χ1n) is 7.84. The van der Waals surface area contributed by atoms with E-state index in [1.165, 1.54) is 0 Å². The zero-order valence-electron chi connectivity index (χ0n) is 14.1. The highest BCUT2D eigenvalue weighted by Crippen LogP contribution is 2.20. The van der Waals surface area contributed by atoms with Crippen molar-refractivity contribution in [3.05, 3.63) is 45.8 Å². The molecule has 23 heavy (non-hydrogen) atoms. The average molecular weight is 333 g/mol. The molecule has 2 rings (SSSR count). The molecule has 0 spiro atoms. The Morgan fingerprint density at radius 3 is 2.74 bits per heavy atom. The van der Waals surface area contributed by atoms with Gasteiger partial charge in [0.1, 0.15) is 11.1 Å². The first-order valence-corrected chi connectivity index (χ1v) is 9.00. The van der Waals surface area contributed by atoms with Crippen LogP contribution in [-0.2, 0) is 0 Å². The third-order valence-electron chi connectivity index (χ3n) is 4.15. The van der Waals surface area contributed by atoms with Gasteiger partial charge < -0.3 is 9.32 Å². The predicted octanol–water partition coefficient (Wildman–Crippen LogP) is 3.71. The van der Waals surface area contributed by atoms with Crippen molar-refractivity contribution in [2.24, 2.45) is 0 Å². The molecule has 1 aromatic carbocycles. The van der Waals surface area contributed by atoms with Crippen molar-refractivity contribution in [2.75, 3.05) is 18.6 Å². The van der Waals surface area contributed by atoms with E-state index in [0.717, 1.165) is 23.3 Å². The number of para-hydroxylation sites is 1. The number of rotatable bonds is 6. The van der Waals surface area contributed by atoms with Gasteiger partial charge in [0, 0.05) is 18.5 Å². The van der Waals surface area contributed by atoms with E-state index in [1.807, 2.05) is 36.9 Å². The second kappa shape index (κ2) is 7.68. The standard InChI is InChI=1S/C18H23NO3S/c1-5-23-11-10-12(2)19(4)17(20)16-13(3)14-8-6-7-9-15(14)22-18(16)21/h6-9,12H,5,10-11H2,1-4H3/t12-/m0/s1. The third kappa shape index (κ3) is 3.78. The van der Waals surface area contributed by atoms with Gasteiger partial charge in [0.15, 0.2) is 0 Å². The van der Waals surface area contributed by atoms with Crippen LogP contribution >= 0.6 is 11.8 Å². The molecule has 0 radical (unpaired) electrons. The minimum atomic E-state index is -0.562. The van der Waals surface area contributed by atoms with Crippen LogP contribution < -0.4 is 5.63 Å². The molecule has 0 bridgehead atoms. The third-order valence-corrected chi connectivity index (χ3v) is 5.08. The van der Waals surface area contributed by atoms with Crippen LogP contribution in [0, 0.1) is 6.92 Å². The summed E-state index contributed by atoms with van der Waals surface area (Å²) in [5.41, 5.74) is 0.778. The van der Waals surface area contributed by atoms with E-state index < -0.39 is 5.63 Å². The van der Waals surface area contributed by atoms with Crippen LogP contribution in [0.5, 0.6) is 0 Å². The molecule has 1 amide bonds. The molecule has 0 fully saturated rings. The highest BCUT2D eigenvalue weighted by molar-refractivity contribution is 7.99. The summed E-state index contributed by atoms with van der Waals surface area (Å²) in [6.07, 6.45) is 0.901. The van der Waals surface area contributed by atoms with Crippen LogP contribution in [0.1, 0.15) is 36.2 Å². The molecular formula is C18H23NO3S. The molecule has 0 unspecified atom stereocenters. The topological polar surface area (TPSA) is 50.5 Å². The molecule has 1 heterocycles. The molecule has 5 heteroatoms. The van der Waals surface area contributed by atoms with Gasteiger partial charge in [-0.15, -0.1) is 0 Å². The van der Waals surface area contributed by atoms with Crippen molar-refractivity contribution in [3.63, 3.8) is 0 Å². The maximum Gasteiger partial charge on any atom is 0.349 e. The quantitative estimate of drug-likeness (QED) is 0.597. The number of carbonyl (C=O) groups is 1. The van der Waals surface area contributed by atoms with E-state index in [-0.39, 0.29) is 17.5 Å². The average Bonchev–Trinajstić information content (AvgIpc) is 2.54. The molecule has 124 valence electrons. The van der Waals surface area contributed by atoms with Crippen molar-refractivity contribution >= 4 is 28.6 Å². The number of hydrogen-bond donors (Lipinski definition) is 0. The smallest absolute Gasteiger partial charge is 0.349 e. The van der Waals surface area contributed by atoms with Gasteiger partial charge in [-0.25, -0.2) is 4.79 Å². The lowest BCUT2D eigenvalue weighted by atomic mass is 10.0. The molecule has 0 aliphatic rings. The van der Waals surface area contributed by atoms with Crippen LogP contribution in [0.15, 0.2) is 33.5 Å². The SMILES string of the molecule is CCSCC[C@H](C)N(C)C(=O)c1c(C)c2ccccc2oc1=O. The van der Waals surface area contributed by atoms with E-state index in [1.54, 1.807) is 24.9 Å². The van der Waals surface area contributed by atoms with E-state index in [2.05, 4.69) is 6.92 Å². The van der Waals surface area contributed by atoms with Crippen molar-refractivity contribution < 1.29 is 9.21 Å². The summed E-state index contributed by atoms with van der Waals surface area (Å²) in [5.74, 6) is 1.80. The van der Waals surface area contributed by atoms with Crippen LogP contribution in [0.2, 0.25) is 0 Å². The number of benzene rings is 1. The number of thioether (sulfide) groups is 1. The molecule has 2 aromatic rings. The molecular weight excluding hydrogens is 310 g/mol. The fourth-order valence-electron chi connectivity index (χ4n) is 2.52. The number of fused-ring (bicyclic) bond motifs is 1. The molecule has 0 saturated carbocycles. The Morgan fingerprint density at radius 2 is 2.04 bits per heavy atom. The molecule has 0 aliphatic carbocycles. The van der Waals surface area contributed by atoms with Crippen LogP contribution in [0.25, 0.3) is 11.0 Å². The van der Waals surface area contributed by atoms with Crippen molar-refractivity contribution in [1.82, 2.24) is 4.90 Å². The summed E-state index contributed by atoms with van der Waals surface area (Å²) in [6.45, 7) is 5.93. The fraction of sp³-hybridized carbons (Fsp3) is 0.444. The lowest BCUT2D eigenvalue weighted by Crippen LogP contribution is -2.38. The van der Waals surface area contributed by atoms with Gasteiger partial charge in [-0.3, -0.25) is 4.79 Å². The fourth-order valence-corrected chi connectivity index (χ4v) is 3.32. The summed E-state index contributed by atoms with van der Waals surface area (Å²) < 4.78 is 5.32. The van der Waals surface area contributed by atoms with Crippen LogP contribution in [-0.4, -0.2) is 35.4 Å². The maximum absolute atomic E-state index is 12.8. The molecule has 0 aliphatic heterocycles. The summed E-state index contributed by atoms with van der Waals surface area (Å²) in [5, 5.41) is 0.804. The Balaban J connectivity index is 2.32. The number of aryl methyl sites for hydroxylation is 1. The molecule has 0 N–H and O–H groups in total. The Morgan fingerprint density at radius 1 is 1.35 bits per heavy atom. The van der Waals surface area contributed by atoms with E-state index in [0.29, 0.717) is 11.1 Å². The lowest BCUT2D eigenvalue weighted by Gasteiger charge is -2.25.